The maximum Gasteiger partial charge on any atom is 0.225 e. The fourth-order valence-corrected chi connectivity index (χ4v) is 3.74. The molecular formula is C13H18BrN3. The van der Waals surface area contributed by atoms with Crippen molar-refractivity contribution in [3.05, 3.63) is 16.9 Å². The van der Waals surface area contributed by atoms with Crippen molar-refractivity contribution in [2.75, 3.05) is 18.5 Å². The highest BCUT2D eigenvalue weighted by atomic mass is 79.9. The van der Waals surface area contributed by atoms with Crippen LogP contribution in [0, 0.1) is 17.8 Å². The number of fused-ring (bicyclic) bond motifs is 2. The van der Waals surface area contributed by atoms with Crippen LogP contribution in [0.5, 0.6) is 0 Å². The van der Waals surface area contributed by atoms with Crippen LogP contribution in [0.15, 0.2) is 16.9 Å². The van der Waals surface area contributed by atoms with Crippen LogP contribution in [-0.2, 0) is 0 Å². The van der Waals surface area contributed by atoms with Crippen molar-refractivity contribution >= 4 is 21.9 Å². The van der Waals surface area contributed by atoms with E-state index >= 15 is 0 Å². The summed E-state index contributed by atoms with van der Waals surface area (Å²) in [6, 6.07) is 0. The van der Waals surface area contributed by atoms with Crippen molar-refractivity contribution in [1.82, 2.24) is 9.97 Å². The highest BCUT2D eigenvalue weighted by Gasteiger charge is 2.39. The largest absolute Gasteiger partial charge is 0.344 e. The molecule has 92 valence electrons. The SMILES string of the molecule is CN(CC1CC2CCC1C2)c1ncc(Br)cn1. The third-order valence-electron chi connectivity index (χ3n) is 4.34. The Hall–Kier alpha value is -0.640. The summed E-state index contributed by atoms with van der Waals surface area (Å²) in [6.07, 6.45) is 9.45. The zero-order valence-electron chi connectivity index (χ0n) is 10.1. The molecule has 2 fully saturated rings. The van der Waals surface area contributed by atoms with E-state index in [9.17, 15) is 0 Å². The van der Waals surface area contributed by atoms with Gasteiger partial charge in [-0.15, -0.1) is 0 Å². The van der Waals surface area contributed by atoms with E-state index in [0.29, 0.717) is 0 Å². The predicted molar refractivity (Wildman–Crippen MR) is 71.9 cm³/mol. The second-order valence-electron chi connectivity index (χ2n) is 5.52. The standard InChI is InChI=1S/C13H18BrN3/c1-17(13-15-6-12(14)7-16-13)8-11-5-9-2-3-10(11)4-9/h6-7,9-11H,2-5,8H2,1H3. The van der Waals surface area contributed by atoms with Crippen molar-refractivity contribution < 1.29 is 0 Å². The molecule has 3 rings (SSSR count). The third kappa shape index (κ3) is 2.32. The molecule has 3 atom stereocenters. The molecule has 4 heteroatoms. The number of halogens is 1. The Labute approximate surface area is 111 Å². The van der Waals surface area contributed by atoms with Gasteiger partial charge >= 0.3 is 0 Å². The van der Waals surface area contributed by atoms with Crippen LogP contribution in [0.4, 0.5) is 5.95 Å². The second-order valence-corrected chi connectivity index (χ2v) is 6.43. The predicted octanol–water partition coefficient (Wildman–Crippen LogP) is 3.11. The monoisotopic (exact) mass is 295 g/mol. The lowest BCUT2D eigenvalue weighted by Gasteiger charge is -2.27. The van der Waals surface area contributed by atoms with Gasteiger partial charge in [-0.25, -0.2) is 9.97 Å². The topological polar surface area (TPSA) is 29.0 Å². The summed E-state index contributed by atoms with van der Waals surface area (Å²) in [5, 5.41) is 0. The van der Waals surface area contributed by atoms with Crippen molar-refractivity contribution in [3.63, 3.8) is 0 Å². The van der Waals surface area contributed by atoms with Gasteiger partial charge in [0.05, 0.1) is 4.47 Å². The number of aromatic nitrogens is 2. The lowest BCUT2D eigenvalue weighted by atomic mass is 9.88. The van der Waals surface area contributed by atoms with E-state index in [1.165, 1.54) is 25.7 Å². The zero-order valence-corrected chi connectivity index (χ0v) is 11.7. The van der Waals surface area contributed by atoms with Crippen LogP contribution in [0.25, 0.3) is 0 Å². The minimum Gasteiger partial charge on any atom is -0.344 e. The molecule has 0 amide bonds. The minimum absolute atomic E-state index is 0.843. The lowest BCUT2D eigenvalue weighted by molar-refractivity contribution is 0.336. The molecule has 1 heterocycles. The summed E-state index contributed by atoms with van der Waals surface area (Å²) < 4.78 is 0.939. The molecule has 0 radical (unpaired) electrons. The van der Waals surface area contributed by atoms with E-state index in [2.05, 4.69) is 37.8 Å². The summed E-state index contributed by atoms with van der Waals surface area (Å²) in [5.41, 5.74) is 0. The fourth-order valence-electron chi connectivity index (χ4n) is 3.54. The zero-order chi connectivity index (χ0) is 11.8. The Morgan fingerprint density at radius 2 is 2.06 bits per heavy atom. The third-order valence-corrected chi connectivity index (χ3v) is 4.75. The minimum atomic E-state index is 0.843. The van der Waals surface area contributed by atoms with Gasteiger partial charge in [0.2, 0.25) is 5.95 Å². The molecule has 3 nitrogen and oxygen atoms in total. The quantitative estimate of drug-likeness (QED) is 0.858. The molecule has 1 aromatic heterocycles. The Bertz CT molecular complexity index is 392. The van der Waals surface area contributed by atoms with Gasteiger partial charge < -0.3 is 4.90 Å². The summed E-state index contributed by atoms with van der Waals surface area (Å²) in [6.45, 7) is 1.11. The molecule has 2 aliphatic rings. The van der Waals surface area contributed by atoms with Gasteiger partial charge in [0.1, 0.15) is 0 Å². The molecular weight excluding hydrogens is 278 g/mol. The van der Waals surface area contributed by atoms with Crippen LogP contribution in [0.1, 0.15) is 25.7 Å². The molecule has 0 aliphatic heterocycles. The number of hydrogen-bond acceptors (Lipinski definition) is 3. The van der Waals surface area contributed by atoms with Crippen LogP contribution >= 0.6 is 15.9 Å². The molecule has 2 aliphatic carbocycles. The van der Waals surface area contributed by atoms with Gasteiger partial charge in [-0.05, 0) is 52.9 Å². The molecule has 17 heavy (non-hydrogen) atoms. The fraction of sp³-hybridized carbons (Fsp3) is 0.692. The Kier molecular flexibility index (Phi) is 3.07. The maximum absolute atomic E-state index is 4.35. The first-order chi connectivity index (χ1) is 8.22. The first kappa shape index (κ1) is 11.5. The summed E-state index contributed by atoms with van der Waals surface area (Å²) in [7, 11) is 2.11. The van der Waals surface area contributed by atoms with Crippen molar-refractivity contribution in [3.8, 4) is 0 Å². The van der Waals surface area contributed by atoms with Crippen molar-refractivity contribution in [2.24, 2.45) is 17.8 Å². The first-order valence-electron chi connectivity index (χ1n) is 6.41. The van der Waals surface area contributed by atoms with Crippen molar-refractivity contribution in [2.45, 2.75) is 25.7 Å². The summed E-state index contributed by atoms with van der Waals surface area (Å²) in [5.74, 6) is 3.70. The van der Waals surface area contributed by atoms with Crippen LogP contribution in [-0.4, -0.2) is 23.6 Å². The molecule has 1 aromatic rings. The molecule has 0 aromatic carbocycles. The number of hydrogen-bond donors (Lipinski definition) is 0. The van der Waals surface area contributed by atoms with Crippen LogP contribution in [0.2, 0.25) is 0 Å². The molecule has 2 saturated carbocycles. The number of anilines is 1. The molecule has 0 N–H and O–H groups in total. The van der Waals surface area contributed by atoms with Gasteiger partial charge in [-0.3, -0.25) is 0 Å². The van der Waals surface area contributed by atoms with Gasteiger partial charge in [0.15, 0.2) is 0 Å². The van der Waals surface area contributed by atoms with Gasteiger partial charge in [-0.1, -0.05) is 6.42 Å². The van der Waals surface area contributed by atoms with E-state index in [0.717, 1.165) is 34.7 Å². The average Bonchev–Trinajstić information content (AvgIpc) is 2.91. The smallest absolute Gasteiger partial charge is 0.225 e. The summed E-state index contributed by atoms with van der Waals surface area (Å²) in [4.78, 5) is 10.9. The Balaban J connectivity index is 1.63. The van der Waals surface area contributed by atoms with E-state index in [1.54, 1.807) is 0 Å². The first-order valence-corrected chi connectivity index (χ1v) is 7.20. The lowest BCUT2D eigenvalue weighted by Crippen LogP contribution is -2.29. The highest BCUT2D eigenvalue weighted by Crippen LogP contribution is 2.48. The average molecular weight is 296 g/mol. The Morgan fingerprint density at radius 3 is 2.65 bits per heavy atom. The van der Waals surface area contributed by atoms with Crippen molar-refractivity contribution in [1.29, 1.82) is 0 Å². The van der Waals surface area contributed by atoms with Gasteiger partial charge in [0.25, 0.3) is 0 Å². The normalized spacial score (nSPS) is 30.8. The van der Waals surface area contributed by atoms with Crippen LogP contribution in [0.3, 0.4) is 0 Å². The Morgan fingerprint density at radius 1 is 1.29 bits per heavy atom. The highest BCUT2D eigenvalue weighted by molar-refractivity contribution is 9.10. The van der Waals surface area contributed by atoms with E-state index in [1.807, 2.05) is 12.4 Å². The maximum atomic E-state index is 4.35. The van der Waals surface area contributed by atoms with Gasteiger partial charge in [-0.2, -0.15) is 0 Å². The second kappa shape index (κ2) is 4.56. The molecule has 2 bridgehead atoms. The number of rotatable bonds is 3. The molecule has 0 spiro atoms. The number of nitrogens with zero attached hydrogens (tertiary/aromatic N) is 3. The van der Waals surface area contributed by atoms with E-state index in [-0.39, 0.29) is 0 Å². The van der Waals surface area contributed by atoms with E-state index in [4.69, 9.17) is 0 Å². The molecule has 3 unspecified atom stereocenters. The summed E-state index contributed by atoms with van der Waals surface area (Å²) >= 11 is 3.37. The molecule has 0 saturated heterocycles. The van der Waals surface area contributed by atoms with Crippen LogP contribution < -0.4 is 4.90 Å². The van der Waals surface area contributed by atoms with E-state index < -0.39 is 0 Å². The van der Waals surface area contributed by atoms with Gasteiger partial charge in [0, 0.05) is 26.0 Å².